The zero-order chi connectivity index (χ0) is 25.2. The van der Waals surface area contributed by atoms with Crippen LogP contribution >= 0.6 is 24.0 Å². The Morgan fingerprint density at radius 1 is 0.972 bits per heavy atom. The number of thiocarbonyl (C=S) groups is 1. The lowest BCUT2D eigenvalue weighted by atomic mass is 10.1. The molecule has 0 atom stereocenters. The molecule has 0 saturated carbocycles. The van der Waals surface area contributed by atoms with Gasteiger partial charge in [0.2, 0.25) is 0 Å². The number of nitrogens with zero attached hydrogens (tertiary/aromatic N) is 4. The van der Waals surface area contributed by atoms with Gasteiger partial charge in [-0.25, -0.2) is 0 Å². The number of aryl methyl sites for hydroxylation is 1. The number of carbonyl (C=O) groups is 1. The Balaban J connectivity index is 1.53. The lowest BCUT2D eigenvalue weighted by Gasteiger charge is -2.37. The van der Waals surface area contributed by atoms with Crippen LogP contribution in [0.15, 0.2) is 64.3 Å². The minimum atomic E-state index is -0.127. The fourth-order valence-corrected chi connectivity index (χ4v) is 6.26. The van der Waals surface area contributed by atoms with E-state index < -0.39 is 0 Å². The average molecular weight is 519 g/mol. The number of carbonyl (C=O) groups excluding carboxylic acids is 1. The van der Waals surface area contributed by atoms with E-state index in [1.807, 2.05) is 36.4 Å². The predicted molar refractivity (Wildman–Crippen MR) is 154 cm³/mol. The highest BCUT2D eigenvalue weighted by molar-refractivity contribution is 8.26. The predicted octanol–water partition coefficient (Wildman–Crippen LogP) is 4.12. The molecule has 1 amide bonds. The normalized spacial score (nSPS) is 18.1. The number of fused-ring (bicyclic) bond motifs is 1. The van der Waals surface area contributed by atoms with Gasteiger partial charge in [0.1, 0.15) is 4.32 Å². The molecule has 3 heterocycles. The molecule has 0 N–H and O–H groups in total. The highest BCUT2D eigenvalue weighted by Crippen LogP contribution is 2.36. The zero-order valence-corrected chi connectivity index (χ0v) is 22.3. The molecule has 3 aromatic rings. The molecule has 1 aromatic heterocycles. The van der Waals surface area contributed by atoms with E-state index in [9.17, 15) is 9.59 Å². The van der Waals surface area contributed by atoms with Crippen LogP contribution < -0.4 is 10.5 Å². The maximum Gasteiger partial charge on any atom is 0.266 e. The largest absolute Gasteiger partial charge is 0.368 e. The number of anilines is 1. The number of hydrogen-bond donors (Lipinski definition) is 0. The number of benzene rings is 2. The van der Waals surface area contributed by atoms with E-state index in [4.69, 9.17) is 12.2 Å². The van der Waals surface area contributed by atoms with Crippen molar-refractivity contribution in [1.29, 1.82) is 0 Å². The minimum Gasteiger partial charge on any atom is -0.368 e. The van der Waals surface area contributed by atoms with Crippen LogP contribution in [0, 0.1) is 0 Å². The number of likely N-dealkylation sites (N-methyl/N-ethyl adjacent to an activating group) is 1. The van der Waals surface area contributed by atoms with Crippen LogP contribution in [0.25, 0.3) is 17.0 Å². The van der Waals surface area contributed by atoms with E-state index in [-0.39, 0.29) is 11.5 Å². The summed E-state index contributed by atoms with van der Waals surface area (Å²) in [5.41, 5.74) is 3.43. The van der Waals surface area contributed by atoms with E-state index in [1.54, 1.807) is 22.6 Å². The highest BCUT2D eigenvalue weighted by atomic mass is 32.2. The number of amides is 1. The summed E-state index contributed by atoms with van der Waals surface area (Å²) in [6, 6.07) is 18.1. The number of piperazine rings is 1. The molecule has 36 heavy (non-hydrogen) atoms. The third-order valence-electron chi connectivity index (χ3n) is 7.06. The Labute approximate surface area is 221 Å². The third-order valence-corrected chi connectivity index (χ3v) is 8.44. The molecule has 0 unspecified atom stereocenters. The van der Waals surface area contributed by atoms with Crippen LogP contribution in [-0.2, 0) is 18.3 Å². The summed E-state index contributed by atoms with van der Waals surface area (Å²) in [4.78, 5) is 33.9. The van der Waals surface area contributed by atoms with Crippen molar-refractivity contribution in [3.63, 3.8) is 0 Å². The van der Waals surface area contributed by atoms with Gasteiger partial charge in [0, 0.05) is 45.2 Å². The fraction of sp³-hybridized carbons (Fsp3) is 0.321. The second kappa shape index (κ2) is 10.6. The van der Waals surface area contributed by atoms with E-state index in [1.165, 1.54) is 11.8 Å². The van der Waals surface area contributed by atoms with Gasteiger partial charge in [0.15, 0.2) is 0 Å². The van der Waals surface area contributed by atoms with Crippen molar-refractivity contribution in [3.05, 3.63) is 81.0 Å². The Kier molecular flexibility index (Phi) is 7.27. The molecule has 2 aliphatic rings. The van der Waals surface area contributed by atoms with Crippen LogP contribution in [0.4, 0.5) is 5.69 Å². The van der Waals surface area contributed by atoms with Gasteiger partial charge < -0.3 is 14.4 Å². The van der Waals surface area contributed by atoms with Gasteiger partial charge in [-0.3, -0.25) is 14.5 Å². The summed E-state index contributed by atoms with van der Waals surface area (Å²) in [6.07, 6.45) is 2.50. The van der Waals surface area contributed by atoms with Crippen molar-refractivity contribution in [3.8, 4) is 0 Å². The summed E-state index contributed by atoms with van der Waals surface area (Å²) < 4.78 is 2.22. The van der Waals surface area contributed by atoms with Crippen LogP contribution in [-0.4, -0.2) is 63.9 Å². The van der Waals surface area contributed by atoms with Gasteiger partial charge in [0.25, 0.3) is 11.5 Å². The van der Waals surface area contributed by atoms with E-state index in [0.29, 0.717) is 21.3 Å². The molecule has 8 heteroatoms. The fourth-order valence-electron chi connectivity index (χ4n) is 4.97. The van der Waals surface area contributed by atoms with Crippen LogP contribution in [0.5, 0.6) is 0 Å². The maximum atomic E-state index is 13.6. The van der Waals surface area contributed by atoms with Gasteiger partial charge in [-0.2, -0.15) is 0 Å². The number of pyridine rings is 1. The van der Waals surface area contributed by atoms with Gasteiger partial charge in [-0.05, 0) is 30.7 Å². The Morgan fingerprint density at radius 3 is 2.39 bits per heavy atom. The molecule has 0 aliphatic carbocycles. The van der Waals surface area contributed by atoms with Crippen molar-refractivity contribution in [2.24, 2.45) is 7.05 Å². The first-order chi connectivity index (χ1) is 17.5. The lowest BCUT2D eigenvalue weighted by molar-refractivity contribution is -0.122. The van der Waals surface area contributed by atoms with Crippen molar-refractivity contribution < 1.29 is 4.79 Å². The minimum absolute atomic E-state index is 0.101. The van der Waals surface area contributed by atoms with E-state index in [2.05, 4.69) is 34.9 Å². The zero-order valence-electron chi connectivity index (χ0n) is 20.6. The van der Waals surface area contributed by atoms with Crippen LogP contribution in [0.2, 0.25) is 0 Å². The second-order valence-corrected chi connectivity index (χ2v) is 10.8. The summed E-state index contributed by atoms with van der Waals surface area (Å²) in [5.74, 6) is -0.127. The quantitative estimate of drug-likeness (QED) is 0.361. The SMILES string of the molecule is CCN1CCN(c2c(C=C3SC(=S)N(CCc4ccccc4)C3=O)c(=O)n(C)c3ccccc23)CC1. The molecule has 2 fully saturated rings. The third kappa shape index (κ3) is 4.73. The molecular weight excluding hydrogens is 488 g/mol. The summed E-state index contributed by atoms with van der Waals surface area (Å²) >= 11 is 6.86. The summed E-state index contributed by atoms with van der Waals surface area (Å²) in [5, 5.41) is 1.02. The number of para-hydroxylation sites is 1. The highest BCUT2D eigenvalue weighted by Gasteiger charge is 2.33. The Morgan fingerprint density at radius 2 is 1.67 bits per heavy atom. The maximum absolute atomic E-state index is 13.6. The van der Waals surface area contributed by atoms with Gasteiger partial charge >= 0.3 is 0 Å². The van der Waals surface area contributed by atoms with Crippen molar-refractivity contribution in [2.45, 2.75) is 13.3 Å². The molecule has 2 aromatic carbocycles. The van der Waals surface area contributed by atoms with E-state index >= 15 is 0 Å². The number of rotatable bonds is 6. The van der Waals surface area contributed by atoms with Crippen molar-refractivity contribution in [2.75, 3.05) is 44.2 Å². The standard InChI is InChI=1S/C28H30N4O2S2/c1-3-30-15-17-31(18-16-30)25-21-11-7-8-12-23(21)29(2)26(33)22(25)19-24-27(34)32(28(35)36-24)14-13-20-9-5-4-6-10-20/h4-12,19H,3,13-18H2,1-2H3. The smallest absolute Gasteiger partial charge is 0.266 e. The Bertz CT molecular complexity index is 1390. The van der Waals surface area contributed by atoms with Gasteiger partial charge in [-0.1, -0.05) is 79.4 Å². The summed E-state index contributed by atoms with van der Waals surface area (Å²) in [6.45, 7) is 7.28. The molecule has 2 saturated heterocycles. The van der Waals surface area contributed by atoms with Crippen molar-refractivity contribution >= 4 is 56.9 Å². The first-order valence-electron chi connectivity index (χ1n) is 12.4. The van der Waals surface area contributed by atoms with Crippen molar-refractivity contribution in [1.82, 2.24) is 14.4 Å². The molecule has 5 rings (SSSR count). The molecule has 0 radical (unpaired) electrons. The molecular formula is C28H30N4O2S2. The number of aromatic nitrogens is 1. The summed E-state index contributed by atoms with van der Waals surface area (Å²) in [7, 11) is 1.80. The number of hydrogen-bond acceptors (Lipinski definition) is 6. The first kappa shape index (κ1) is 24.7. The van der Waals surface area contributed by atoms with Crippen LogP contribution in [0.3, 0.4) is 0 Å². The first-order valence-corrected chi connectivity index (χ1v) is 13.6. The van der Waals surface area contributed by atoms with Gasteiger partial charge in [0.05, 0.1) is 21.7 Å². The molecule has 0 spiro atoms. The van der Waals surface area contributed by atoms with Gasteiger partial charge in [-0.15, -0.1) is 0 Å². The molecule has 0 bridgehead atoms. The molecule has 186 valence electrons. The average Bonchev–Trinajstić information content (AvgIpc) is 3.18. The lowest BCUT2D eigenvalue weighted by Crippen LogP contribution is -2.47. The topological polar surface area (TPSA) is 48.8 Å². The second-order valence-electron chi connectivity index (χ2n) is 9.13. The van der Waals surface area contributed by atoms with Crippen LogP contribution in [0.1, 0.15) is 18.1 Å². The number of thioether (sulfide) groups is 1. The van der Waals surface area contributed by atoms with E-state index in [0.717, 1.165) is 61.3 Å². The molecule has 2 aliphatic heterocycles. The molecule has 6 nitrogen and oxygen atoms in total. The Hall–Kier alpha value is -2.94. The monoisotopic (exact) mass is 518 g/mol.